The Balaban J connectivity index is 3.36. The molecule has 80 valence electrons. The van der Waals surface area contributed by atoms with Crippen LogP contribution in [-0.4, -0.2) is 41.4 Å². The molecule has 0 bridgehead atoms. The van der Waals surface area contributed by atoms with Gasteiger partial charge in [-0.25, -0.2) is 4.79 Å². The van der Waals surface area contributed by atoms with E-state index in [9.17, 15) is 14.4 Å². The number of hydrogen-bond donors (Lipinski definition) is 3. The lowest BCUT2D eigenvalue weighted by atomic mass is 10.3. The summed E-state index contributed by atoms with van der Waals surface area (Å²) in [4.78, 5) is 30.7. The van der Waals surface area contributed by atoms with Gasteiger partial charge in [0.25, 0.3) is 0 Å². The molecule has 0 aromatic carbocycles. The lowest BCUT2D eigenvalue weighted by Crippen LogP contribution is -2.26. The summed E-state index contributed by atoms with van der Waals surface area (Å²) < 4.78 is 4.51. The van der Waals surface area contributed by atoms with Crippen molar-refractivity contribution < 1.29 is 29.3 Å². The Labute approximate surface area is 79.7 Å². The molecule has 1 amide bonds. The van der Waals surface area contributed by atoms with Gasteiger partial charge >= 0.3 is 18.0 Å². The minimum absolute atomic E-state index is 0.00581. The van der Waals surface area contributed by atoms with Crippen molar-refractivity contribution in [2.24, 2.45) is 0 Å². The van der Waals surface area contributed by atoms with Gasteiger partial charge in [0, 0.05) is 0 Å². The number of carbonyl (C=O) groups is 3. The second kappa shape index (κ2) is 6.70. The number of esters is 1. The molecule has 0 aliphatic heterocycles. The first-order valence-corrected chi connectivity index (χ1v) is 3.86. The zero-order valence-corrected chi connectivity index (χ0v) is 7.36. The van der Waals surface area contributed by atoms with Gasteiger partial charge in [-0.3, -0.25) is 9.59 Å². The Kier molecular flexibility index (Phi) is 5.84. The van der Waals surface area contributed by atoms with Gasteiger partial charge in [0.1, 0.15) is 6.61 Å². The highest BCUT2D eigenvalue weighted by atomic mass is 16.5. The molecule has 7 heteroatoms. The van der Waals surface area contributed by atoms with E-state index in [1.807, 2.05) is 5.32 Å². The number of carboxylic acid groups (broad SMARTS) is 2. The number of ether oxygens (including phenoxy) is 1. The molecule has 0 fully saturated rings. The summed E-state index contributed by atoms with van der Waals surface area (Å²) in [7, 11) is 0. The predicted molar refractivity (Wildman–Crippen MR) is 43.9 cm³/mol. The highest BCUT2D eigenvalue weighted by molar-refractivity contribution is 5.76. The third kappa shape index (κ3) is 8.31. The molecule has 0 aliphatic carbocycles. The van der Waals surface area contributed by atoms with Gasteiger partial charge in [-0.2, -0.15) is 0 Å². The number of carbonyl (C=O) groups excluding carboxylic acids is 1. The van der Waals surface area contributed by atoms with Crippen molar-refractivity contribution in [3.63, 3.8) is 0 Å². The van der Waals surface area contributed by atoms with Crippen molar-refractivity contribution in [1.29, 1.82) is 0 Å². The Hall–Kier alpha value is -1.79. The van der Waals surface area contributed by atoms with Gasteiger partial charge < -0.3 is 20.3 Å². The van der Waals surface area contributed by atoms with E-state index in [0.717, 1.165) is 0 Å². The van der Waals surface area contributed by atoms with Crippen molar-refractivity contribution in [3.05, 3.63) is 0 Å². The molecule has 7 nitrogen and oxygen atoms in total. The number of hydrogen-bond acceptors (Lipinski definition) is 4. The van der Waals surface area contributed by atoms with Gasteiger partial charge in [0.15, 0.2) is 0 Å². The topological polar surface area (TPSA) is 113 Å². The lowest BCUT2D eigenvalue weighted by Gasteiger charge is -2.03. The highest BCUT2D eigenvalue weighted by Crippen LogP contribution is 1.91. The van der Waals surface area contributed by atoms with Crippen molar-refractivity contribution >= 4 is 18.0 Å². The van der Waals surface area contributed by atoms with Gasteiger partial charge in [0.2, 0.25) is 0 Å². The van der Waals surface area contributed by atoms with Crippen LogP contribution in [0.25, 0.3) is 0 Å². The van der Waals surface area contributed by atoms with Gasteiger partial charge in [-0.05, 0) is 0 Å². The first-order chi connectivity index (χ1) is 6.52. The van der Waals surface area contributed by atoms with E-state index in [4.69, 9.17) is 10.2 Å². The van der Waals surface area contributed by atoms with Crippen LogP contribution in [0.1, 0.15) is 12.8 Å². The molecule has 0 aromatic heterocycles. The molecule has 0 spiro atoms. The molecule has 0 aliphatic rings. The first kappa shape index (κ1) is 12.2. The van der Waals surface area contributed by atoms with Gasteiger partial charge in [0.05, 0.1) is 19.4 Å². The summed E-state index contributed by atoms with van der Waals surface area (Å²) in [6, 6.07) is 0. The van der Waals surface area contributed by atoms with Crippen LogP contribution in [0.5, 0.6) is 0 Å². The molecular weight excluding hydrogens is 194 g/mol. The summed E-state index contributed by atoms with van der Waals surface area (Å²) in [5.74, 6) is -1.73. The molecule has 0 aromatic rings. The fourth-order valence-corrected chi connectivity index (χ4v) is 0.604. The van der Waals surface area contributed by atoms with Crippen LogP contribution in [-0.2, 0) is 14.3 Å². The van der Waals surface area contributed by atoms with Crippen LogP contribution in [0.3, 0.4) is 0 Å². The number of nitrogens with one attached hydrogen (secondary N) is 1. The first-order valence-electron chi connectivity index (χ1n) is 3.86. The second-order valence-electron chi connectivity index (χ2n) is 2.35. The molecule has 0 radical (unpaired) electrons. The summed E-state index contributed by atoms with van der Waals surface area (Å²) in [5.41, 5.74) is 0. The summed E-state index contributed by atoms with van der Waals surface area (Å²) in [6.45, 7) is -0.0983. The van der Waals surface area contributed by atoms with E-state index in [0.29, 0.717) is 0 Å². The normalized spacial score (nSPS) is 9.14. The Morgan fingerprint density at radius 1 is 1.14 bits per heavy atom. The molecular formula is C7H11NO6. The van der Waals surface area contributed by atoms with E-state index >= 15 is 0 Å². The van der Waals surface area contributed by atoms with E-state index in [1.165, 1.54) is 0 Å². The summed E-state index contributed by atoms with van der Waals surface area (Å²) in [5, 5.41) is 18.3. The van der Waals surface area contributed by atoms with E-state index < -0.39 is 18.0 Å². The van der Waals surface area contributed by atoms with Gasteiger partial charge in [-0.15, -0.1) is 0 Å². The molecule has 14 heavy (non-hydrogen) atoms. The summed E-state index contributed by atoms with van der Waals surface area (Å²) >= 11 is 0. The summed E-state index contributed by atoms with van der Waals surface area (Å²) in [6.07, 6.45) is -1.69. The molecule has 0 saturated carbocycles. The SMILES string of the molecule is O=C(O)CCC(=O)OCCNC(=O)O. The number of amides is 1. The Bertz CT molecular complexity index is 226. The van der Waals surface area contributed by atoms with Crippen LogP contribution in [0.4, 0.5) is 4.79 Å². The molecule has 3 N–H and O–H groups in total. The molecule has 0 heterocycles. The van der Waals surface area contributed by atoms with Crippen LogP contribution in [0, 0.1) is 0 Å². The highest BCUT2D eigenvalue weighted by Gasteiger charge is 2.06. The molecule has 0 saturated heterocycles. The Morgan fingerprint density at radius 3 is 2.29 bits per heavy atom. The minimum Gasteiger partial charge on any atom is -0.481 e. The fourth-order valence-electron chi connectivity index (χ4n) is 0.604. The number of rotatable bonds is 6. The van der Waals surface area contributed by atoms with E-state index in [-0.39, 0.29) is 26.0 Å². The van der Waals surface area contributed by atoms with Crippen LogP contribution >= 0.6 is 0 Å². The zero-order chi connectivity index (χ0) is 11.0. The average molecular weight is 205 g/mol. The maximum absolute atomic E-state index is 10.7. The van der Waals surface area contributed by atoms with E-state index in [2.05, 4.69) is 4.74 Å². The third-order valence-corrected chi connectivity index (χ3v) is 1.18. The third-order valence-electron chi connectivity index (χ3n) is 1.18. The number of aliphatic carboxylic acids is 1. The van der Waals surface area contributed by atoms with Crippen molar-refractivity contribution in [2.45, 2.75) is 12.8 Å². The maximum atomic E-state index is 10.7. The van der Waals surface area contributed by atoms with E-state index in [1.54, 1.807) is 0 Å². The monoisotopic (exact) mass is 205 g/mol. The standard InChI is InChI=1S/C7H11NO6/c9-5(10)1-2-6(11)14-4-3-8-7(12)13/h8H,1-4H2,(H,9,10)(H,12,13). The van der Waals surface area contributed by atoms with Crippen LogP contribution in [0.2, 0.25) is 0 Å². The maximum Gasteiger partial charge on any atom is 0.404 e. The fraction of sp³-hybridized carbons (Fsp3) is 0.571. The Morgan fingerprint density at radius 2 is 1.79 bits per heavy atom. The largest absolute Gasteiger partial charge is 0.481 e. The molecule has 0 atom stereocenters. The minimum atomic E-state index is -1.20. The van der Waals surface area contributed by atoms with Crippen LogP contribution < -0.4 is 5.32 Å². The lowest BCUT2D eigenvalue weighted by molar-refractivity contribution is -0.147. The molecule has 0 rings (SSSR count). The predicted octanol–water partition coefficient (Wildman–Crippen LogP) is -0.338. The zero-order valence-electron chi connectivity index (χ0n) is 7.36. The van der Waals surface area contributed by atoms with Crippen molar-refractivity contribution in [1.82, 2.24) is 5.32 Å². The average Bonchev–Trinajstić information content (AvgIpc) is 2.08. The van der Waals surface area contributed by atoms with Crippen molar-refractivity contribution in [3.8, 4) is 0 Å². The number of carboxylic acids is 1. The smallest absolute Gasteiger partial charge is 0.404 e. The van der Waals surface area contributed by atoms with Crippen molar-refractivity contribution in [2.75, 3.05) is 13.2 Å². The molecule has 0 unspecified atom stereocenters. The quantitative estimate of drug-likeness (QED) is 0.404. The van der Waals surface area contributed by atoms with Gasteiger partial charge in [-0.1, -0.05) is 0 Å². The van der Waals surface area contributed by atoms with Crippen LogP contribution in [0.15, 0.2) is 0 Å². The second-order valence-corrected chi connectivity index (χ2v) is 2.35.